The van der Waals surface area contributed by atoms with E-state index in [9.17, 15) is 18.0 Å². The van der Waals surface area contributed by atoms with E-state index in [-0.39, 0.29) is 5.75 Å². The normalized spacial score (nSPS) is 12.8. The van der Waals surface area contributed by atoms with Gasteiger partial charge in [-0.25, -0.2) is 13.2 Å². The summed E-state index contributed by atoms with van der Waals surface area (Å²) in [5.74, 6) is -0.488. The molecular formula is C16H26N4O4S. The van der Waals surface area contributed by atoms with Gasteiger partial charge in [-0.1, -0.05) is 0 Å². The molecule has 0 aromatic heterocycles. The zero-order valence-electron chi connectivity index (χ0n) is 15.1. The van der Waals surface area contributed by atoms with Crippen LogP contribution in [0.4, 0.5) is 16.2 Å². The lowest BCUT2D eigenvalue weighted by atomic mass is 10.1. The van der Waals surface area contributed by atoms with Crippen molar-refractivity contribution in [3.05, 3.63) is 24.3 Å². The molecule has 0 aliphatic rings. The summed E-state index contributed by atoms with van der Waals surface area (Å²) < 4.78 is 25.4. The Morgan fingerprint density at radius 3 is 2.08 bits per heavy atom. The monoisotopic (exact) mass is 370 g/mol. The van der Waals surface area contributed by atoms with Crippen LogP contribution in [0.5, 0.6) is 0 Å². The molecule has 4 N–H and O–H groups in total. The summed E-state index contributed by atoms with van der Waals surface area (Å²) in [6.07, 6.45) is 0. The van der Waals surface area contributed by atoms with E-state index >= 15 is 0 Å². The van der Waals surface area contributed by atoms with Gasteiger partial charge in [0.25, 0.3) is 0 Å². The summed E-state index contributed by atoms with van der Waals surface area (Å²) in [6, 6.07) is 5.26. The smallest absolute Gasteiger partial charge is 0.321 e. The molecule has 9 heteroatoms. The molecule has 1 aromatic carbocycles. The fourth-order valence-electron chi connectivity index (χ4n) is 1.79. The average Bonchev–Trinajstić information content (AvgIpc) is 2.47. The van der Waals surface area contributed by atoms with Gasteiger partial charge in [-0.2, -0.15) is 0 Å². The molecule has 0 aliphatic heterocycles. The summed E-state index contributed by atoms with van der Waals surface area (Å²) in [5.41, 5.74) is 0.621. The van der Waals surface area contributed by atoms with Crippen LogP contribution in [0.25, 0.3) is 0 Å². The van der Waals surface area contributed by atoms with Crippen LogP contribution in [-0.2, 0) is 14.8 Å². The first-order valence-corrected chi connectivity index (χ1v) is 9.57. The van der Waals surface area contributed by atoms with E-state index in [4.69, 9.17) is 0 Å². The first-order valence-electron chi connectivity index (χ1n) is 7.92. The molecule has 0 saturated carbocycles. The zero-order valence-corrected chi connectivity index (χ0v) is 16.0. The van der Waals surface area contributed by atoms with Gasteiger partial charge in [0.15, 0.2) is 0 Å². The van der Waals surface area contributed by atoms with Gasteiger partial charge in [-0.15, -0.1) is 0 Å². The molecule has 0 heterocycles. The molecule has 1 unspecified atom stereocenters. The summed E-state index contributed by atoms with van der Waals surface area (Å²) >= 11 is 0. The molecule has 25 heavy (non-hydrogen) atoms. The quantitative estimate of drug-likeness (QED) is 0.610. The fourth-order valence-corrected chi connectivity index (χ4v) is 2.43. The van der Waals surface area contributed by atoms with E-state index < -0.39 is 33.5 Å². The number of hydrogen-bond acceptors (Lipinski definition) is 5. The Labute approximate surface area is 148 Å². The minimum Gasteiger partial charge on any atom is -0.374 e. The molecule has 1 rings (SSSR count). The second-order valence-corrected chi connectivity index (χ2v) is 8.65. The van der Waals surface area contributed by atoms with Gasteiger partial charge in [0.1, 0.15) is 6.04 Å². The highest BCUT2D eigenvalue weighted by Crippen LogP contribution is 2.15. The van der Waals surface area contributed by atoms with Crippen LogP contribution in [0.2, 0.25) is 0 Å². The van der Waals surface area contributed by atoms with E-state index in [1.165, 1.54) is 0 Å². The maximum atomic E-state index is 12.0. The number of benzene rings is 1. The Balaban J connectivity index is 2.60. The van der Waals surface area contributed by atoms with Gasteiger partial charge in [-0.05, 0) is 58.9 Å². The van der Waals surface area contributed by atoms with Crippen LogP contribution >= 0.6 is 0 Å². The van der Waals surface area contributed by atoms with Gasteiger partial charge in [0.05, 0.1) is 5.75 Å². The molecule has 140 valence electrons. The Morgan fingerprint density at radius 2 is 1.60 bits per heavy atom. The number of anilines is 2. The van der Waals surface area contributed by atoms with E-state index in [2.05, 4.69) is 20.7 Å². The number of sulfonamides is 1. The summed E-state index contributed by atoms with van der Waals surface area (Å²) in [6.45, 7) is 8.61. The number of nitrogens with one attached hydrogen (secondary N) is 4. The number of urea groups is 1. The molecule has 0 spiro atoms. The number of hydrogen-bond donors (Lipinski definition) is 4. The lowest BCUT2D eigenvalue weighted by Gasteiger charge is -2.21. The van der Waals surface area contributed by atoms with E-state index in [1.54, 1.807) is 38.1 Å². The number of carbonyl (C=O) groups excluding carboxylic acids is 2. The van der Waals surface area contributed by atoms with Gasteiger partial charge in [0.2, 0.25) is 15.9 Å². The summed E-state index contributed by atoms with van der Waals surface area (Å²) in [5, 5.41) is 7.85. The Hall–Kier alpha value is -2.29. The second-order valence-electron chi connectivity index (χ2n) is 6.64. The first-order chi connectivity index (χ1) is 11.4. The van der Waals surface area contributed by atoms with Gasteiger partial charge < -0.3 is 10.6 Å². The topological polar surface area (TPSA) is 116 Å². The number of carbonyl (C=O) groups is 2. The minimum absolute atomic E-state index is 0.0131. The summed E-state index contributed by atoms with van der Waals surface area (Å²) in [7, 11) is -3.33. The van der Waals surface area contributed by atoms with Crippen LogP contribution in [0.1, 0.15) is 34.6 Å². The van der Waals surface area contributed by atoms with Crippen LogP contribution in [0.15, 0.2) is 24.3 Å². The first kappa shape index (κ1) is 20.8. The van der Waals surface area contributed by atoms with Crippen molar-refractivity contribution in [3.63, 3.8) is 0 Å². The Bertz CT molecular complexity index is 709. The number of imide groups is 1. The predicted octanol–water partition coefficient (Wildman–Crippen LogP) is 1.87. The van der Waals surface area contributed by atoms with Crippen LogP contribution in [0.3, 0.4) is 0 Å². The molecule has 1 atom stereocenters. The molecule has 1 aromatic rings. The predicted molar refractivity (Wildman–Crippen MR) is 99.0 cm³/mol. The molecule has 3 amide bonds. The number of amides is 3. The molecule has 0 aliphatic carbocycles. The van der Waals surface area contributed by atoms with Crippen molar-refractivity contribution >= 4 is 33.3 Å². The molecule has 0 saturated heterocycles. The molecule has 0 radical (unpaired) electrons. The van der Waals surface area contributed by atoms with E-state index in [0.717, 1.165) is 0 Å². The van der Waals surface area contributed by atoms with Crippen LogP contribution in [-0.4, -0.2) is 37.7 Å². The molecule has 8 nitrogen and oxygen atoms in total. The lowest BCUT2D eigenvalue weighted by Crippen LogP contribution is -2.51. The van der Waals surface area contributed by atoms with Gasteiger partial charge >= 0.3 is 6.03 Å². The van der Waals surface area contributed by atoms with Crippen molar-refractivity contribution in [2.75, 3.05) is 15.8 Å². The van der Waals surface area contributed by atoms with Crippen molar-refractivity contribution in [1.82, 2.24) is 10.6 Å². The standard InChI is InChI=1S/C16H26N4O4S/c1-6-25(23,24)20-13-9-7-12(8-10-13)17-11(2)14(21)18-15(22)19-16(3,4)5/h7-11,17,20H,6H2,1-5H3,(H2,18,19,21,22). The van der Waals surface area contributed by atoms with Crippen molar-refractivity contribution in [2.24, 2.45) is 0 Å². The average molecular weight is 370 g/mol. The third-order valence-electron chi connectivity index (χ3n) is 3.04. The van der Waals surface area contributed by atoms with Crippen molar-refractivity contribution in [1.29, 1.82) is 0 Å². The molecule has 0 fully saturated rings. The second kappa shape index (κ2) is 8.19. The minimum atomic E-state index is -3.33. The third kappa shape index (κ3) is 7.88. The third-order valence-corrected chi connectivity index (χ3v) is 4.35. The zero-order chi connectivity index (χ0) is 19.3. The Kier molecular flexibility index (Phi) is 6.80. The lowest BCUT2D eigenvalue weighted by molar-refractivity contribution is -0.120. The van der Waals surface area contributed by atoms with E-state index in [0.29, 0.717) is 11.4 Å². The van der Waals surface area contributed by atoms with Crippen molar-refractivity contribution in [2.45, 2.75) is 46.2 Å². The van der Waals surface area contributed by atoms with E-state index in [1.807, 2.05) is 20.8 Å². The van der Waals surface area contributed by atoms with Crippen molar-refractivity contribution < 1.29 is 18.0 Å². The number of rotatable bonds is 6. The fraction of sp³-hybridized carbons (Fsp3) is 0.500. The summed E-state index contributed by atoms with van der Waals surface area (Å²) in [4.78, 5) is 23.7. The van der Waals surface area contributed by atoms with Crippen LogP contribution in [0, 0.1) is 0 Å². The Morgan fingerprint density at radius 1 is 1.08 bits per heavy atom. The SMILES string of the molecule is CCS(=O)(=O)Nc1ccc(NC(C)C(=O)NC(=O)NC(C)(C)C)cc1. The van der Waals surface area contributed by atoms with Gasteiger partial charge in [-0.3, -0.25) is 14.8 Å². The highest BCUT2D eigenvalue weighted by atomic mass is 32.2. The van der Waals surface area contributed by atoms with Crippen molar-refractivity contribution in [3.8, 4) is 0 Å². The van der Waals surface area contributed by atoms with Crippen LogP contribution < -0.4 is 20.7 Å². The highest BCUT2D eigenvalue weighted by molar-refractivity contribution is 7.92. The largest absolute Gasteiger partial charge is 0.374 e. The maximum absolute atomic E-state index is 12.0. The highest BCUT2D eigenvalue weighted by Gasteiger charge is 2.19. The maximum Gasteiger partial charge on any atom is 0.321 e. The van der Waals surface area contributed by atoms with Gasteiger partial charge in [0, 0.05) is 16.9 Å². The molecule has 0 bridgehead atoms. The molecular weight excluding hydrogens is 344 g/mol.